The maximum atomic E-state index is 13.2. The number of benzene rings is 2. The van der Waals surface area contributed by atoms with Crippen LogP contribution < -0.4 is 35.7 Å². The van der Waals surface area contributed by atoms with E-state index in [1.54, 1.807) is 36.4 Å². The summed E-state index contributed by atoms with van der Waals surface area (Å²) in [6, 6.07) is 9.90. The third kappa shape index (κ3) is 4.99. The summed E-state index contributed by atoms with van der Waals surface area (Å²) in [5.41, 5.74) is 0.399. The van der Waals surface area contributed by atoms with E-state index in [-0.39, 0.29) is 23.8 Å². The summed E-state index contributed by atoms with van der Waals surface area (Å²) in [6.07, 6.45) is -0.227. The van der Waals surface area contributed by atoms with Crippen molar-refractivity contribution >= 4 is 46.6 Å². The molecule has 1 aliphatic heterocycles. The quantitative estimate of drug-likeness (QED) is 0.388. The second kappa shape index (κ2) is 9.94. The van der Waals surface area contributed by atoms with Gasteiger partial charge in [0.05, 0.1) is 32.8 Å². The zero-order valence-electron chi connectivity index (χ0n) is 19.0. The van der Waals surface area contributed by atoms with E-state index in [1.807, 2.05) is 0 Å². The van der Waals surface area contributed by atoms with E-state index in [9.17, 15) is 14.4 Å². The predicted molar refractivity (Wildman–Crippen MR) is 130 cm³/mol. The molecule has 1 aliphatic rings. The number of fused-ring (bicyclic) bond motifs is 1. The molecule has 11 nitrogen and oxygen atoms in total. The number of aromatic amines is 1. The zero-order valence-corrected chi connectivity index (χ0v) is 19.8. The van der Waals surface area contributed by atoms with Crippen molar-refractivity contribution in [1.82, 2.24) is 9.97 Å². The molecule has 2 heterocycles. The molecule has 1 unspecified atom stereocenters. The second-order valence-electron chi connectivity index (χ2n) is 7.52. The number of nitrogens with one attached hydrogen (secondary N) is 4. The number of halogens is 1. The summed E-state index contributed by atoms with van der Waals surface area (Å²) in [6.45, 7) is 0. The number of amides is 2. The van der Waals surface area contributed by atoms with Crippen molar-refractivity contribution in [3.63, 3.8) is 0 Å². The van der Waals surface area contributed by atoms with Crippen LogP contribution >= 0.6 is 11.6 Å². The maximum Gasteiger partial charge on any atom is 0.258 e. The largest absolute Gasteiger partial charge is 0.493 e. The SMILES string of the molecule is COc1cc(NC(=O)C2CC(=O)Nc3nc(Nc4cccc(Cl)c4)[nH]c(=O)c32)cc(OC)c1OC. The van der Waals surface area contributed by atoms with Gasteiger partial charge >= 0.3 is 0 Å². The van der Waals surface area contributed by atoms with Crippen LogP contribution in [0.2, 0.25) is 5.02 Å². The van der Waals surface area contributed by atoms with E-state index in [0.717, 1.165) is 0 Å². The molecule has 1 aromatic heterocycles. The minimum atomic E-state index is -1.07. The van der Waals surface area contributed by atoms with E-state index >= 15 is 0 Å². The Morgan fingerprint density at radius 3 is 2.40 bits per heavy atom. The number of methoxy groups -OCH3 is 3. The Balaban J connectivity index is 1.64. The first-order valence-corrected chi connectivity index (χ1v) is 10.8. The van der Waals surface area contributed by atoms with Gasteiger partial charge in [-0.25, -0.2) is 0 Å². The summed E-state index contributed by atoms with van der Waals surface area (Å²) in [5.74, 6) is -0.986. The highest BCUT2D eigenvalue weighted by molar-refractivity contribution is 6.30. The number of carbonyl (C=O) groups excluding carboxylic acids is 2. The topological polar surface area (TPSA) is 144 Å². The molecule has 0 radical (unpaired) electrons. The minimum Gasteiger partial charge on any atom is -0.493 e. The van der Waals surface area contributed by atoms with Crippen LogP contribution in [-0.4, -0.2) is 43.1 Å². The molecule has 182 valence electrons. The number of H-pyrrole nitrogens is 1. The van der Waals surface area contributed by atoms with E-state index in [2.05, 4.69) is 25.9 Å². The Labute approximate surface area is 204 Å². The van der Waals surface area contributed by atoms with E-state index < -0.39 is 23.3 Å². The number of rotatable bonds is 7. The average Bonchev–Trinajstić information content (AvgIpc) is 2.82. The van der Waals surface area contributed by atoms with Crippen molar-refractivity contribution in [3.05, 3.63) is 57.3 Å². The summed E-state index contributed by atoms with van der Waals surface area (Å²) in [4.78, 5) is 45.4. The van der Waals surface area contributed by atoms with Gasteiger partial charge in [-0.2, -0.15) is 4.98 Å². The van der Waals surface area contributed by atoms with Gasteiger partial charge in [-0.15, -0.1) is 0 Å². The van der Waals surface area contributed by atoms with Crippen molar-refractivity contribution in [1.29, 1.82) is 0 Å². The molecular weight excluding hydrogens is 478 g/mol. The Hall–Kier alpha value is -4.25. The van der Waals surface area contributed by atoms with Crippen LogP contribution in [0.15, 0.2) is 41.2 Å². The lowest BCUT2D eigenvalue weighted by atomic mass is 9.92. The van der Waals surface area contributed by atoms with Crippen LogP contribution in [0.5, 0.6) is 17.2 Å². The molecule has 0 fully saturated rings. The third-order valence-corrected chi connectivity index (χ3v) is 5.52. The standard InChI is InChI=1S/C23H22ClN5O6/c1-33-15-8-13(9-16(34-2)19(15)35-3)25-21(31)14-10-17(30)27-20-18(14)22(32)29-23(28-20)26-12-6-4-5-11(24)7-12/h4-9,14H,10H2,1-3H3,(H,25,31)(H3,26,27,28,29,30,32). The van der Waals surface area contributed by atoms with Crippen LogP contribution in [0.25, 0.3) is 0 Å². The molecule has 0 spiro atoms. The molecule has 3 aromatic rings. The van der Waals surface area contributed by atoms with Crippen molar-refractivity contribution in [3.8, 4) is 17.2 Å². The lowest BCUT2D eigenvalue weighted by Crippen LogP contribution is -2.36. The Morgan fingerprint density at radius 2 is 1.77 bits per heavy atom. The van der Waals surface area contributed by atoms with Gasteiger partial charge in [-0.05, 0) is 18.2 Å². The Kier molecular flexibility index (Phi) is 6.78. The second-order valence-corrected chi connectivity index (χ2v) is 7.96. The lowest BCUT2D eigenvalue weighted by Gasteiger charge is -2.24. The molecule has 35 heavy (non-hydrogen) atoms. The molecule has 4 N–H and O–H groups in total. The van der Waals surface area contributed by atoms with Crippen LogP contribution in [0.3, 0.4) is 0 Å². The van der Waals surface area contributed by atoms with Crippen molar-refractivity contribution in [2.45, 2.75) is 12.3 Å². The van der Waals surface area contributed by atoms with Gasteiger partial charge < -0.3 is 30.2 Å². The summed E-state index contributed by atoms with van der Waals surface area (Å²) >= 11 is 6.00. The molecule has 0 saturated heterocycles. The smallest absolute Gasteiger partial charge is 0.258 e. The molecule has 0 bridgehead atoms. The molecule has 4 rings (SSSR count). The monoisotopic (exact) mass is 499 g/mol. The normalized spacial score (nSPS) is 14.4. The number of hydrogen-bond donors (Lipinski definition) is 4. The highest BCUT2D eigenvalue weighted by Crippen LogP contribution is 2.40. The minimum absolute atomic E-state index is 0.000398. The van der Waals surface area contributed by atoms with Crippen LogP contribution in [0.4, 0.5) is 23.1 Å². The highest BCUT2D eigenvalue weighted by Gasteiger charge is 2.35. The maximum absolute atomic E-state index is 13.2. The van der Waals surface area contributed by atoms with Crippen LogP contribution in [0.1, 0.15) is 17.9 Å². The van der Waals surface area contributed by atoms with Crippen molar-refractivity contribution in [2.24, 2.45) is 0 Å². The van der Waals surface area contributed by atoms with E-state index in [0.29, 0.717) is 33.6 Å². The molecule has 0 aliphatic carbocycles. The first-order valence-electron chi connectivity index (χ1n) is 10.4. The van der Waals surface area contributed by atoms with Gasteiger partial charge in [0.25, 0.3) is 5.56 Å². The van der Waals surface area contributed by atoms with Crippen LogP contribution in [-0.2, 0) is 9.59 Å². The zero-order chi connectivity index (χ0) is 25.1. The number of aromatic nitrogens is 2. The number of ether oxygens (including phenoxy) is 3. The van der Waals surface area contributed by atoms with Crippen LogP contribution in [0, 0.1) is 0 Å². The molecule has 0 saturated carbocycles. The number of anilines is 4. The van der Waals surface area contributed by atoms with Gasteiger partial charge in [0.2, 0.25) is 23.5 Å². The van der Waals surface area contributed by atoms with E-state index in [4.69, 9.17) is 25.8 Å². The number of carbonyl (C=O) groups is 2. The lowest BCUT2D eigenvalue weighted by molar-refractivity contribution is -0.123. The van der Waals surface area contributed by atoms with Gasteiger partial charge in [-0.1, -0.05) is 17.7 Å². The molecule has 12 heteroatoms. The molecule has 1 atom stereocenters. The van der Waals surface area contributed by atoms with Gasteiger partial charge in [0.1, 0.15) is 5.82 Å². The molecule has 2 aromatic carbocycles. The molecular formula is C23H22ClN5O6. The Morgan fingerprint density at radius 1 is 1.06 bits per heavy atom. The van der Waals surface area contributed by atoms with Gasteiger partial charge in [0.15, 0.2) is 11.5 Å². The van der Waals surface area contributed by atoms with Gasteiger partial charge in [-0.3, -0.25) is 19.4 Å². The fourth-order valence-corrected chi connectivity index (χ4v) is 3.93. The Bertz CT molecular complexity index is 1330. The highest BCUT2D eigenvalue weighted by atomic mass is 35.5. The van der Waals surface area contributed by atoms with Crippen molar-refractivity contribution < 1.29 is 23.8 Å². The first-order chi connectivity index (χ1) is 16.8. The summed E-state index contributed by atoms with van der Waals surface area (Å²) < 4.78 is 15.9. The fourth-order valence-electron chi connectivity index (χ4n) is 3.74. The first kappa shape index (κ1) is 23.9. The summed E-state index contributed by atoms with van der Waals surface area (Å²) in [5, 5.41) is 8.70. The van der Waals surface area contributed by atoms with Gasteiger partial charge in [0, 0.05) is 35.0 Å². The molecule has 2 amide bonds. The predicted octanol–water partition coefficient (Wildman–Crippen LogP) is 3.26. The average molecular weight is 500 g/mol. The van der Waals surface area contributed by atoms with Crippen molar-refractivity contribution in [2.75, 3.05) is 37.3 Å². The number of hydrogen-bond acceptors (Lipinski definition) is 8. The summed E-state index contributed by atoms with van der Waals surface area (Å²) in [7, 11) is 4.36. The fraction of sp³-hybridized carbons (Fsp3) is 0.217. The third-order valence-electron chi connectivity index (χ3n) is 5.29. The van der Waals surface area contributed by atoms with E-state index in [1.165, 1.54) is 21.3 Å². The number of nitrogens with zero attached hydrogens (tertiary/aromatic N) is 1.